The van der Waals surface area contributed by atoms with E-state index in [0.29, 0.717) is 17.4 Å². The molecule has 3 aliphatic rings. The zero-order chi connectivity index (χ0) is 28.1. The van der Waals surface area contributed by atoms with Crippen LogP contribution in [0.1, 0.15) is 25.7 Å². The van der Waals surface area contributed by atoms with E-state index in [0.717, 1.165) is 24.2 Å². The van der Waals surface area contributed by atoms with Crippen molar-refractivity contribution in [1.29, 1.82) is 0 Å². The Morgan fingerprint density at radius 1 is 1.05 bits per heavy atom. The first-order valence-electron chi connectivity index (χ1n) is 12.0. The summed E-state index contributed by atoms with van der Waals surface area (Å²) in [6.07, 6.45) is 1.90. The van der Waals surface area contributed by atoms with E-state index in [9.17, 15) is 39.0 Å². The first kappa shape index (κ1) is 25.9. The Bertz CT molecular complexity index is 1600. The lowest BCUT2D eigenvalue weighted by atomic mass is 9.86. The Labute approximate surface area is 218 Å². The molecule has 0 saturated carbocycles. The number of rotatable bonds is 5. The first-order chi connectivity index (χ1) is 18.6. The molecule has 2 N–H and O–H groups in total. The Kier molecular flexibility index (Phi) is 6.34. The van der Waals surface area contributed by atoms with Crippen LogP contribution in [-0.4, -0.2) is 74.4 Å². The van der Waals surface area contributed by atoms with Gasteiger partial charge < -0.3 is 33.9 Å². The molecule has 14 nitrogen and oxygen atoms in total. The SMILES string of the molecule is COC(=O)Oc1cccc2c(=O)n(C3=CC(O)(N4CCCC4=O)C(C(=O)O)C=C3N3CCCC3=O)c(=O)oc12. The van der Waals surface area contributed by atoms with Crippen molar-refractivity contribution in [3.8, 4) is 5.75 Å². The smallest absolute Gasteiger partial charge is 0.481 e. The molecule has 0 bridgehead atoms. The number of aliphatic hydroxyl groups is 1. The van der Waals surface area contributed by atoms with Crippen LogP contribution in [0, 0.1) is 5.92 Å². The van der Waals surface area contributed by atoms with Crippen LogP contribution in [0.5, 0.6) is 5.75 Å². The number of nitrogens with zero attached hydrogens (tertiary/aromatic N) is 3. The molecule has 14 heteroatoms. The molecule has 204 valence electrons. The summed E-state index contributed by atoms with van der Waals surface area (Å²) in [4.78, 5) is 78.4. The molecule has 2 unspecified atom stereocenters. The van der Waals surface area contributed by atoms with E-state index in [1.54, 1.807) is 0 Å². The third kappa shape index (κ3) is 4.18. The maximum Gasteiger partial charge on any atom is 0.513 e. The Balaban J connectivity index is 1.77. The van der Waals surface area contributed by atoms with Crippen LogP contribution >= 0.6 is 0 Å². The number of benzene rings is 1. The molecule has 3 heterocycles. The highest BCUT2D eigenvalue weighted by Gasteiger charge is 2.51. The average Bonchev–Trinajstić information content (AvgIpc) is 3.52. The fourth-order valence-corrected chi connectivity index (χ4v) is 5.11. The van der Waals surface area contributed by atoms with Gasteiger partial charge in [-0.3, -0.25) is 19.2 Å². The molecule has 2 aromatic rings. The van der Waals surface area contributed by atoms with E-state index < -0.39 is 41.0 Å². The largest absolute Gasteiger partial charge is 0.513 e. The van der Waals surface area contributed by atoms with Gasteiger partial charge in [0.15, 0.2) is 17.1 Å². The van der Waals surface area contributed by atoms with Crippen LogP contribution in [0.25, 0.3) is 16.7 Å². The van der Waals surface area contributed by atoms with Crippen molar-refractivity contribution in [1.82, 2.24) is 14.4 Å². The second kappa shape index (κ2) is 9.54. The van der Waals surface area contributed by atoms with Crippen LogP contribution in [0.4, 0.5) is 4.79 Å². The molecule has 0 spiro atoms. The van der Waals surface area contributed by atoms with Crippen LogP contribution in [0.3, 0.4) is 0 Å². The number of methoxy groups -OCH3 is 1. The third-order valence-corrected chi connectivity index (χ3v) is 6.92. The lowest BCUT2D eigenvalue weighted by molar-refractivity contribution is -0.165. The molecule has 2 atom stereocenters. The van der Waals surface area contributed by atoms with Gasteiger partial charge in [-0.05, 0) is 37.1 Å². The molecule has 2 aliphatic heterocycles. The van der Waals surface area contributed by atoms with Crippen molar-refractivity contribution in [3.05, 3.63) is 57.0 Å². The second-order valence-electron chi connectivity index (χ2n) is 9.18. The fraction of sp³-hybridized carbons (Fsp3) is 0.360. The molecule has 2 amide bonds. The van der Waals surface area contributed by atoms with Crippen molar-refractivity contribution in [2.45, 2.75) is 31.4 Å². The highest BCUT2D eigenvalue weighted by molar-refractivity contribution is 5.90. The lowest BCUT2D eigenvalue weighted by Crippen LogP contribution is -2.57. The lowest BCUT2D eigenvalue weighted by Gasteiger charge is -2.42. The zero-order valence-corrected chi connectivity index (χ0v) is 20.6. The van der Waals surface area contributed by atoms with Crippen molar-refractivity contribution < 1.29 is 43.3 Å². The molecule has 2 saturated heterocycles. The summed E-state index contributed by atoms with van der Waals surface area (Å²) in [7, 11) is 1.07. The predicted octanol–water partition coefficient (Wildman–Crippen LogP) is 0.472. The van der Waals surface area contributed by atoms with Gasteiger partial charge in [-0.25, -0.2) is 14.2 Å². The van der Waals surface area contributed by atoms with Crippen molar-refractivity contribution in [3.63, 3.8) is 0 Å². The summed E-state index contributed by atoms with van der Waals surface area (Å²) in [6.45, 7) is 0.199. The number of aliphatic carboxylic acids is 1. The monoisotopic (exact) mass is 541 g/mol. The topological polar surface area (TPSA) is 186 Å². The van der Waals surface area contributed by atoms with Crippen molar-refractivity contribution in [2.75, 3.05) is 20.2 Å². The molecule has 39 heavy (non-hydrogen) atoms. The molecule has 1 aromatic carbocycles. The van der Waals surface area contributed by atoms with Gasteiger partial charge in [0, 0.05) is 25.9 Å². The van der Waals surface area contributed by atoms with Crippen LogP contribution in [0.2, 0.25) is 0 Å². The summed E-state index contributed by atoms with van der Waals surface area (Å²) in [6, 6.07) is 3.93. The Hall–Kier alpha value is -4.72. The number of fused-ring (bicyclic) bond motifs is 1. The van der Waals surface area contributed by atoms with Gasteiger partial charge >= 0.3 is 17.9 Å². The van der Waals surface area contributed by atoms with E-state index >= 15 is 0 Å². The van der Waals surface area contributed by atoms with E-state index in [2.05, 4.69) is 4.74 Å². The quantitative estimate of drug-likeness (QED) is 0.396. The molecule has 0 radical (unpaired) electrons. The maximum absolute atomic E-state index is 13.7. The van der Waals surface area contributed by atoms with Gasteiger partial charge in [0.1, 0.15) is 5.92 Å². The Morgan fingerprint density at radius 3 is 2.38 bits per heavy atom. The highest BCUT2D eigenvalue weighted by Crippen LogP contribution is 2.40. The number of carboxylic acids is 1. The molecular formula is C25H23N3O11. The van der Waals surface area contributed by atoms with Gasteiger partial charge in [-0.1, -0.05) is 6.07 Å². The van der Waals surface area contributed by atoms with E-state index in [1.807, 2.05) is 0 Å². The number of aromatic nitrogens is 1. The molecule has 1 aromatic heterocycles. The number of amides is 2. The normalized spacial score (nSPS) is 23.2. The molecule has 5 rings (SSSR count). The number of para-hydroxylation sites is 1. The number of carbonyl (C=O) groups is 4. The number of hydrogen-bond acceptors (Lipinski definition) is 10. The van der Waals surface area contributed by atoms with Gasteiger partial charge in [0.05, 0.1) is 23.9 Å². The molecule has 1 aliphatic carbocycles. The maximum atomic E-state index is 13.7. The predicted molar refractivity (Wildman–Crippen MR) is 130 cm³/mol. The number of likely N-dealkylation sites (tertiary alicyclic amines) is 2. The van der Waals surface area contributed by atoms with E-state index in [4.69, 9.17) is 9.15 Å². The van der Waals surface area contributed by atoms with Crippen LogP contribution < -0.4 is 16.1 Å². The first-order valence-corrected chi connectivity index (χ1v) is 12.0. The number of carboxylic acid groups (broad SMARTS) is 1. The van der Waals surface area contributed by atoms with Crippen molar-refractivity contribution >= 4 is 40.6 Å². The van der Waals surface area contributed by atoms with E-state index in [1.165, 1.54) is 23.1 Å². The Morgan fingerprint density at radius 2 is 1.77 bits per heavy atom. The minimum atomic E-state index is -2.46. The van der Waals surface area contributed by atoms with Gasteiger partial charge in [-0.2, -0.15) is 0 Å². The fourth-order valence-electron chi connectivity index (χ4n) is 5.11. The van der Waals surface area contributed by atoms with Crippen LogP contribution in [0.15, 0.2) is 50.1 Å². The summed E-state index contributed by atoms with van der Waals surface area (Å²) in [5.41, 5.74) is -4.22. The minimum Gasteiger partial charge on any atom is -0.481 e. The number of allylic oxidation sites excluding steroid dienone is 1. The number of carbonyl (C=O) groups excluding carboxylic acids is 3. The third-order valence-electron chi connectivity index (χ3n) is 6.92. The molecular weight excluding hydrogens is 518 g/mol. The zero-order valence-electron chi connectivity index (χ0n) is 20.6. The highest BCUT2D eigenvalue weighted by atomic mass is 16.7. The van der Waals surface area contributed by atoms with Gasteiger partial charge in [0.2, 0.25) is 11.8 Å². The average molecular weight is 541 g/mol. The van der Waals surface area contributed by atoms with Crippen LogP contribution in [-0.2, 0) is 19.1 Å². The molecule has 2 fully saturated rings. The summed E-state index contributed by atoms with van der Waals surface area (Å²) in [5, 5.41) is 21.5. The van der Waals surface area contributed by atoms with Gasteiger partial charge in [-0.15, -0.1) is 0 Å². The van der Waals surface area contributed by atoms with E-state index in [-0.39, 0.29) is 60.0 Å². The summed E-state index contributed by atoms with van der Waals surface area (Å²) >= 11 is 0. The standard InChI is InChI=1S/C25H23N3O11/c1-37-24(35)38-17-6-2-5-13-20(17)39-23(34)28(21(13)31)16-12-25(36,27-10-4-8-19(27)30)14(22(32)33)11-15(16)26-9-3-7-18(26)29/h2,5-6,11-12,14,36H,3-4,7-10H2,1H3,(H,32,33). The van der Waals surface area contributed by atoms with Crippen molar-refractivity contribution in [2.24, 2.45) is 5.92 Å². The van der Waals surface area contributed by atoms with Gasteiger partial charge in [0.25, 0.3) is 5.56 Å². The number of ether oxygens (including phenoxy) is 2. The summed E-state index contributed by atoms with van der Waals surface area (Å²) in [5.74, 6) is -5.65. The number of hydrogen-bond donors (Lipinski definition) is 2. The minimum absolute atomic E-state index is 0.0319. The second-order valence-corrected chi connectivity index (χ2v) is 9.18. The summed E-state index contributed by atoms with van der Waals surface area (Å²) < 4.78 is 15.3.